The molecule has 7 nitrogen and oxygen atoms in total. The van der Waals surface area contributed by atoms with E-state index < -0.39 is 10.0 Å². The van der Waals surface area contributed by atoms with Gasteiger partial charge in [0.2, 0.25) is 0 Å². The molecule has 8 heteroatoms. The van der Waals surface area contributed by atoms with Crippen molar-refractivity contribution in [3.63, 3.8) is 0 Å². The van der Waals surface area contributed by atoms with Gasteiger partial charge in [0.05, 0.1) is 28.7 Å². The summed E-state index contributed by atoms with van der Waals surface area (Å²) < 4.78 is 36.2. The first-order chi connectivity index (χ1) is 14.7. The second-order valence-electron chi connectivity index (χ2n) is 8.93. The predicted octanol–water partition coefficient (Wildman–Crippen LogP) is 3.86. The van der Waals surface area contributed by atoms with Gasteiger partial charge in [-0.2, -0.15) is 0 Å². The Kier molecular flexibility index (Phi) is 4.43. The lowest BCUT2D eigenvalue weighted by molar-refractivity contribution is 0.183. The third kappa shape index (κ3) is 3.04. The van der Waals surface area contributed by atoms with Crippen LogP contribution >= 0.6 is 0 Å². The minimum absolute atomic E-state index is 0.00839. The van der Waals surface area contributed by atoms with E-state index in [1.165, 1.54) is 4.31 Å². The molecule has 0 amide bonds. The summed E-state index contributed by atoms with van der Waals surface area (Å²) in [5.74, 6) is 0.474. The third-order valence-corrected chi connectivity index (χ3v) is 7.88. The van der Waals surface area contributed by atoms with Crippen molar-refractivity contribution >= 4 is 38.6 Å². The first-order valence-corrected chi connectivity index (χ1v) is 11.7. The molecule has 2 aliphatic heterocycles. The van der Waals surface area contributed by atoms with E-state index in [9.17, 15) is 13.5 Å². The van der Waals surface area contributed by atoms with Gasteiger partial charge in [0, 0.05) is 30.7 Å². The molecule has 1 aromatic heterocycles. The fraction of sp³-hybridized carbons (Fsp3) is 0.348. The lowest BCUT2D eigenvalue weighted by atomic mass is 9.94. The summed E-state index contributed by atoms with van der Waals surface area (Å²) >= 11 is 0. The minimum Gasteiger partial charge on any atom is -0.504 e. The van der Waals surface area contributed by atoms with Gasteiger partial charge < -0.3 is 14.4 Å². The molecule has 0 bridgehead atoms. The summed E-state index contributed by atoms with van der Waals surface area (Å²) in [6.07, 6.45) is 2.43. The number of aromatic hydroxyl groups is 1. The zero-order valence-electron chi connectivity index (χ0n) is 17.7. The lowest BCUT2D eigenvalue weighted by Gasteiger charge is -2.27. The number of ether oxygens (including phenoxy) is 1. The Balaban J connectivity index is 1.64. The monoisotopic (exact) mass is 439 g/mol. The van der Waals surface area contributed by atoms with Gasteiger partial charge in [0.15, 0.2) is 11.6 Å². The van der Waals surface area contributed by atoms with Crippen molar-refractivity contribution in [2.45, 2.75) is 37.8 Å². The van der Waals surface area contributed by atoms with E-state index in [0.717, 1.165) is 11.1 Å². The molecule has 1 N–H and O–H groups in total. The molecular weight excluding hydrogens is 414 g/mol. The average Bonchev–Trinajstić information content (AvgIpc) is 3.23. The van der Waals surface area contributed by atoms with Crippen molar-refractivity contribution in [2.75, 3.05) is 18.0 Å². The molecule has 3 heterocycles. The van der Waals surface area contributed by atoms with Crippen molar-refractivity contribution in [1.29, 1.82) is 0 Å². The molecule has 0 radical (unpaired) electrons. The molecule has 0 spiro atoms. The SMILES string of the molecule is COC[C@@H]1Cc2ccccc2N1S(=O)(=O)c1ccc2c(c1)c(O)c1n2CC(C)(C)C=N1. The van der Waals surface area contributed by atoms with Crippen molar-refractivity contribution < 1.29 is 18.3 Å². The molecule has 162 valence electrons. The van der Waals surface area contributed by atoms with Gasteiger partial charge in [-0.3, -0.25) is 4.31 Å². The van der Waals surface area contributed by atoms with Gasteiger partial charge in [-0.05, 0) is 36.2 Å². The first-order valence-electron chi connectivity index (χ1n) is 10.2. The minimum atomic E-state index is -3.86. The first kappa shape index (κ1) is 20.1. The smallest absolute Gasteiger partial charge is 0.264 e. The van der Waals surface area contributed by atoms with Crippen LogP contribution in [0, 0.1) is 5.41 Å². The molecule has 0 fully saturated rings. The van der Waals surface area contributed by atoms with Gasteiger partial charge in [-0.15, -0.1) is 0 Å². The van der Waals surface area contributed by atoms with Crippen LogP contribution in [0.2, 0.25) is 0 Å². The van der Waals surface area contributed by atoms with E-state index in [2.05, 4.69) is 18.8 Å². The number of para-hydroxylation sites is 1. The van der Waals surface area contributed by atoms with E-state index in [4.69, 9.17) is 4.74 Å². The van der Waals surface area contributed by atoms with Crippen molar-refractivity contribution in [3.05, 3.63) is 48.0 Å². The number of fused-ring (bicyclic) bond motifs is 4. The van der Waals surface area contributed by atoms with E-state index >= 15 is 0 Å². The number of methoxy groups -OCH3 is 1. The Labute approximate surface area is 181 Å². The van der Waals surface area contributed by atoms with Crippen molar-refractivity contribution in [1.82, 2.24) is 4.57 Å². The molecule has 3 aromatic rings. The summed E-state index contributed by atoms with van der Waals surface area (Å²) in [6.45, 7) is 5.10. The quantitative estimate of drug-likeness (QED) is 0.669. The Morgan fingerprint density at radius 2 is 2.00 bits per heavy atom. The van der Waals surface area contributed by atoms with Gasteiger partial charge in [-0.25, -0.2) is 13.4 Å². The number of aliphatic imine (C=N–C) groups is 1. The largest absolute Gasteiger partial charge is 0.504 e. The van der Waals surface area contributed by atoms with E-state index in [0.29, 0.717) is 36.5 Å². The Morgan fingerprint density at radius 1 is 1.23 bits per heavy atom. The van der Waals surface area contributed by atoms with Crippen molar-refractivity contribution in [2.24, 2.45) is 10.4 Å². The highest BCUT2D eigenvalue weighted by Crippen LogP contribution is 2.44. The highest BCUT2D eigenvalue weighted by Gasteiger charge is 2.38. The Bertz CT molecular complexity index is 1320. The Hall–Kier alpha value is -2.84. The fourth-order valence-corrected chi connectivity index (χ4v) is 6.33. The summed E-state index contributed by atoms with van der Waals surface area (Å²) in [4.78, 5) is 4.57. The summed E-state index contributed by atoms with van der Waals surface area (Å²) in [5.41, 5.74) is 2.28. The van der Waals surface area contributed by atoms with E-state index in [1.54, 1.807) is 25.3 Å². The molecule has 31 heavy (non-hydrogen) atoms. The third-order valence-electron chi connectivity index (χ3n) is 6.02. The van der Waals surface area contributed by atoms with Gasteiger partial charge in [0.25, 0.3) is 10.0 Å². The molecule has 0 aliphatic carbocycles. The molecule has 0 saturated heterocycles. The molecular formula is C23H25N3O4S. The fourth-order valence-electron chi connectivity index (χ4n) is 4.63. The topological polar surface area (TPSA) is 84.1 Å². The summed E-state index contributed by atoms with van der Waals surface area (Å²) in [7, 11) is -2.29. The molecule has 1 atom stereocenters. The van der Waals surface area contributed by atoms with Crippen LogP contribution in [0.3, 0.4) is 0 Å². The van der Waals surface area contributed by atoms with Crippen molar-refractivity contribution in [3.8, 4) is 5.75 Å². The van der Waals surface area contributed by atoms with E-state index in [1.807, 2.05) is 35.0 Å². The average molecular weight is 440 g/mol. The van der Waals surface area contributed by atoms with Crippen LogP contribution in [-0.4, -0.2) is 44.1 Å². The van der Waals surface area contributed by atoms with E-state index in [-0.39, 0.29) is 22.1 Å². The zero-order chi connectivity index (χ0) is 22.0. The van der Waals surface area contributed by atoms with Crippen LogP contribution in [0.25, 0.3) is 10.9 Å². The number of nitrogens with zero attached hydrogens (tertiary/aromatic N) is 3. The molecule has 5 rings (SSSR count). The molecule has 2 aromatic carbocycles. The number of hydrogen-bond acceptors (Lipinski definition) is 5. The van der Waals surface area contributed by atoms with Crippen LogP contribution in [0.1, 0.15) is 19.4 Å². The highest BCUT2D eigenvalue weighted by molar-refractivity contribution is 7.93. The maximum atomic E-state index is 13.7. The van der Waals surface area contributed by atoms with Crippen LogP contribution in [0.4, 0.5) is 11.5 Å². The normalized spacial score (nSPS) is 19.6. The number of rotatable bonds is 4. The number of sulfonamides is 1. The van der Waals surface area contributed by atoms with Crippen LogP contribution in [0.15, 0.2) is 52.4 Å². The maximum absolute atomic E-state index is 13.7. The second kappa shape index (κ2) is 6.83. The number of hydrogen-bond donors (Lipinski definition) is 1. The second-order valence-corrected chi connectivity index (χ2v) is 10.7. The zero-order valence-corrected chi connectivity index (χ0v) is 18.6. The number of benzene rings is 2. The summed E-state index contributed by atoms with van der Waals surface area (Å²) in [6, 6.07) is 12.1. The molecule has 0 unspecified atom stereocenters. The standard InChI is InChI=1S/C23H25N3O4S/c1-23(2)13-24-22-21(27)18-11-17(8-9-20(18)25(22)14-23)31(28,29)26-16(12-30-3)10-15-6-4-5-7-19(15)26/h4-9,11,13,16,27H,10,12,14H2,1-3H3/t16-/m0/s1. The molecule has 2 aliphatic rings. The summed E-state index contributed by atoms with van der Waals surface area (Å²) in [5, 5.41) is 11.3. The van der Waals surface area contributed by atoms with Crippen LogP contribution in [-0.2, 0) is 27.7 Å². The van der Waals surface area contributed by atoms with Gasteiger partial charge in [-0.1, -0.05) is 32.0 Å². The Morgan fingerprint density at radius 3 is 2.77 bits per heavy atom. The maximum Gasteiger partial charge on any atom is 0.264 e. The predicted molar refractivity (Wildman–Crippen MR) is 121 cm³/mol. The molecule has 0 saturated carbocycles. The van der Waals surface area contributed by atoms with Crippen LogP contribution < -0.4 is 4.31 Å². The van der Waals surface area contributed by atoms with Crippen LogP contribution in [0.5, 0.6) is 5.75 Å². The van der Waals surface area contributed by atoms with Gasteiger partial charge in [0.1, 0.15) is 0 Å². The number of anilines is 1. The van der Waals surface area contributed by atoms with Gasteiger partial charge >= 0.3 is 0 Å². The number of aromatic nitrogens is 1. The lowest BCUT2D eigenvalue weighted by Crippen LogP contribution is -2.40. The highest BCUT2D eigenvalue weighted by atomic mass is 32.2.